The van der Waals surface area contributed by atoms with E-state index in [2.05, 4.69) is 15.2 Å². The van der Waals surface area contributed by atoms with E-state index >= 15 is 0 Å². The van der Waals surface area contributed by atoms with E-state index in [4.69, 9.17) is 10.5 Å². The van der Waals surface area contributed by atoms with Gasteiger partial charge in [-0.05, 0) is 12.8 Å². The Kier molecular flexibility index (Phi) is 1.95. The Morgan fingerprint density at radius 2 is 2.58 bits per heavy atom. The number of hydrogen-bond donors (Lipinski definition) is 2. The molecule has 0 radical (unpaired) electrons. The van der Waals surface area contributed by atoms with Gasteiger partial charge in [-0.2, -0.15) is 4.98 Å². The van der Waals surface area contributed by atoms with Gasteiger partial charge in [-0.3, -0.25) is 5.10 Å². The average Bonchev–Trinajstić information content (AvgIpc) is 2.63. The molecule has 5 heteroatoms. The van der Waals surface area contributed by atoms with Crippen LogP contribution < -0.4 is 5.73 Å². The van der Waals surface area contributed by atoms with Crippen LogP contribution in [0.4, 0.5) is 5.95 Å². The van der Waals surface area contributed by atoms with Crippen molar-refractivity contribution in [2.24, 2.45) is 0 Å². The number of aromatic nitrogens is 3. The molecule has 0 spiro atoms. The lowest BCUT2D eigenvalue weighted by Gasteiger charge is -2.04. The summed E-state index contributed by atoms with van der Waals surface area (Å²) < 4.78 is 5.44. The fraction of sp³-hybridized carbons (Fsp3) is 0.714. The van der Waals surface area contributed by atoms with Crippen molar-refractivity contribution in [3.8, 4) is 0 Å². The minimum Gasteiger partial charge on any atom is -0.378 e. The van der Waals surface area contributed by atoms with Gasteiger partial charge in [0.2, 0.25) is 5.95 Å². The summed E-state index contributed by atoms with van der Waals surface area (Å²) in [5, 5.41) is 6.51. The first-order valence-corrected chi connectivity index (χ1v) is 4.13. The van der Waals surface area contributed by atoms with Crippen LogP contribution in [0.25, 0.3) is 0 Å². The minimum atomic E-state index is 0.303. The smallest absolute Gasteiger partial charge is 0.239 e. The van der Waals surface area contributed by atoms with Crippen molar-refractivity contribution in [2.75, 3.05) is 12.3 Å². The van der Waals surface area contributed by atoms with Gasteiger partial charge >= 0.3 is 0 Å². The number of ether oxygens (including phenoxy) is 1. The fourth-order valence-corrected chi connectivity index (χ4v) is 1.42. The summed E-state index contributed by atoms with van der Waals surface area (Å²) in [5.74, 6) is 1.13. The predicted octanol–water partition coefficient (Wildman–Crippen LogP) is 0.108. The van der Waals surface area contributed by atoms with E-state index in [9.17, 15) is 0 Å². The van der Waals surface area contributed by atoms with Crippen LogP contribution in [0, 0.1) is 0 Å². The van der Waals surface area contributed by atoms with Crippen molar-refractivity contribution in [3.63, 3.8) is 0 Å². The molecule has 1 atom stereocenters. The van der Waals surface area contributed by atoms with Crippen LogP contribution in [0.15, 0.2) is 0 Å². The second-order valence-electron chi connectivity index (χ2n) is 2.98. The largest absolute Gasteiger partial charge is 0.378 e. The van der Waals surface area contributed by atoms with E-state index in [1.165, 1.54) is 0 Å². The van der Waals surface area contributed by atoms with Crippen molar-refractivity contribution in [3.05, 3.63) is 5.82 Å². The highest BCUT2D eigenvalue weighted by Gasteiger charge is 2.17. The van der Waals surface area contributed by atoms with Crippen LogP contribution in [0.2, 0.25) is 0 Å². The van der Waals surface area contributed by atoms with Crippen molar-refractivity contribution in [1.82, 2.24) is 15.2 Å². The maximum atomic E-state index is 5.44. The molecule has 66 valence electrons. The number of nitrogens with two attached hydrogens (primary N) is 1. The SMILES string of the molecule is Nc1n[nH]c(CC2CCCO2)n1. The molecule has 0 aromatic carbocycles. The topological polar surface area (TPSA) is 76.8 Å². The van der Waals surface area contributed by atoms with E-state index in [0.717, 1.165) is 31.7 Å². The molecule has 0 amide bonds. The molecule has 1 saturated heterocycles. The Bertz CT molecular complexity index is 254. The Morgan fingerprint density at radius 3 is 3.17 bits per heavy atom. The highest BCUT2D eigenvalue weighted by molar-refractivity contribution is 5.12. The highest BCUT2D eigenvalue weighted by Crippen LogP contribution is 2.15. The van der Waals surface area contributed by atoms with E-state index in [1.54, 1.807) is 0 Å². The molecule has 1 unspecified atom stereocenters. The molecule has 1 fully saturated rings. The standard InChI is InChI=1S/C7H12N4O/c8-7-9-6(10-11-7)4-5-2-1-3-12-5/h5H,1-4H2,(H3,8,9,10,11). The molecule has 0 bridgehead atoms. The van der Waals surface area contributed by atoms with Gasteiger partial charge in [0.25, 0.3) is 0 Å². The Hall–Kier alpha value is -1.10. The number of aromatic amines is 1. The van der Waals surface area contributed by atoms with Crippen molar-refractivity contribution >= 4 is 5.95 Å². The van der Waals surface area contributed by atoms with Crippen molar-refractivity contribution in [1.29, 1.82) is 0 Å². The lowest BCUT2D eigenvalue weighted by atomic mass is 10.2. The van der Waals surface area contributed by atoms with E-state index in [0.29, 0.717) is 12.1 Å². The second-order valence-corrected chi connectivity index (χ2v) is 2.98. The zero-order valence-electron chi connectivity index (χ0n) is 6.79. The molecule has 1 aliphatic rings. The van der Waals surface area contributed by atoms with Crippen LogP contribution in [0.5, 0.6) is 0 Å². The number of nitrogens with one attached hydrogen (secondary N) is 1. The third-order valence-electron chi connectivity index (χ3n) is 1.99. The van der Waals surface area contributed by atoms with Crippen molar-refractivity contribution in [2.45, 2.75) is 25.4 Å². The zero-order chi connectivity index (χ0) is 8.39. The maximum Gasteiger partial charge on any atom is 0.239 e. The van der Waals surface area contributed by atoms with Crippen LogP contribution in [0.1, 0.15) is 18.7 Å². The van der Waals surface area contributed by atoms with Crippen LogP contribution >= 0.6 is 0 Å². The first-order valence-electron chi connectivity index (χ1n) is 4.13. The number of nitrogen functional groups attached to an aromatic ring is 1. The molecule has 12 heavy (non-hydrogen) atoms. The van der Waals surface area contributed by atoms with Gasteiger partial charge in [-0.25, -0.2) is 0 Å². The molecule has 2 rings (SSSR count). The summed E-state index contributed by atoms with van der Waals surface area (Å²) >= 11 is 0. The molecular weight excluding hydrogens is 156 g/mol. The lowest BCUT2D eigenvalue weighted by molar-refractivity contribution is 0.110. The molecule has 1 aromatic heterocycles. The highest BCUT2D eigenvalue weighted by atomic mass is 16.5. The summed E-state index contributed by atoms with van der Waals surface area (Å²) in [4.78, 5) is 4.01. The van der Waals surface area contributed by atoms with Crippen molar-refractivity contribution < 1.29 is 4.74 Å². The van der Waals surface area contributed by atoms with Crippen LogP contribution in [-0.4, -0.2) is 27.9 Å². The minimum absolute atomic E-state index is 0.303. The van der Waals surface area contributed by atoms with E-state index in [1.807, 2.05) is 0 Å². The monoisotopic (exact) mass is 168 g/mol. The molecule has 3 N–H and O–H groups in total. The number of H-pyrrole nitrogens is 1. The Morgan fingerprint density at radius 1 is 1.67 bits per heavy atom. The van der Waals surface area contributed by atoms with E-state index in [-0.39, 0.29) is 0 Å². The molecule has 1 aliphatic heterocycles. The lowest BCUT2D eigenvalue weighted by Crippen LogP contribution is -2.09. The Labute approximate surface area is 70.3 Å². The molecule has 1 aromatic rings. The number of nitrogens with zero attached hydrogens (tertiary/aromatic N) is 2. The van der Waals surface area contributed by atoms with Crippen LogP contribution in [0.3, 0.4) is 0 Å². The fourth-order valence-electron chi connectivity index (χ4n) is 1.42. The zero-order valence-corrected chi connectivity index (χ0v) is 6.79. The first-order chi connectivity index (χ1) is 5.84. The normalized spacial score (nSPS) is 23.2. The first kappa shape index (κ1) is 7.54. The van der Waals surface area contributed by atoms with Gasteiger partial charge in [0.15, 0.2) is 0 Å². The van der Waals surface area contributed by atoms with Crippen LogP contribution in [-0.2, 0) is 11.2 Å². The summed E-state index contributed by atoms with van der Waals surface area (Å²) in [6.45, 7) is 0.869. The summed E-state index contributed by atoms with van der Waals surface area (Å²) in [6, 6.07) is 0. The third-order valence-corrected chi connectivity index (χ3v) is 1.99. The summed E-state index contributed by atoms with van der Waals surface area (Å²) in [5.41, 5.74) is 5.36. The van der Waals surface area contributed by atoms with Gasteiger partial charge in [0.05, 0.1) is 6.10 Å². The third kappa shape index (κ3) is 1.55. The Balaban J connectivity index is 1.94. The summed E-state index contributed by atoms with van der Waals surface area (Å²) in [6.07, 6.45) is 3.36. The molecule has 0 aliphatic carbocycles. The van der Waals surface area contributed by atoms with Gasteiger partial charge in [-0.15, -0.1) is 5.10 Å². The summed E-state index contributed by atoms with van der Waals surface area (Å²) in [7, 11) is 0. The number of anilines is 1. The molecule has 2 heterocycles. The van der Waals surface area contributed by atoms with Gasteiger partial charge in [0.1, 0.15) is 5.82 Å². The van der Waals surface area contributed by atoms with Gasteiger partial charge < -0.3 is 10.5 Å². The quantitative estimate of drug-likeness (QED) is 0.657. The van der Waals surface area contributed by atoms with Gasteiger partial charge in [0, 0.05) is 13.0 Å². The van der Waals surface area contributed by atoms with Gasteiger partial charge in [-0.1, -0.05) is 0 Å². The average molecular weight is 168 g/mol. The maximum absolute atomic E-state index is 5.44. The van der Waals surface area contributed by atoms with E-state index < -0.39 is 0 Å². The molecular formula is C7H12N4O. The second kappa shape index (κ2) is 3.10. The predicted molar refractivity (Wildman–Crippen MR) is 43.5 cm³/mol. The molecule has 0 saturated carbocycles. The number of rotatable bonds is 2. The molecule has 5 nitrogen and oxygen atoms in total. The number of hydrogen-bond acceptors (Lipinski definition) is 4.